The zero-order chi connectivity index (χ0) is 19.3. The Morgan fingerprint density at radius 1 is 1.11 bits per heavy atom. The van der Waals surface area contributed by atoms with Crippen molar-refractivity contribution in [3.63, 3.8) is 0 Å². The van der Waals surface area contributed by atoms with Gasteiger partial charge in [0.15, 0.2) is 23.0 Å². The fourth-order valence-electron chi connectivity index (χ4n) is 3.48. The maximum atomic E-state index is 12.1. The highest BCUT2D eigenvalue weighted by atomic mass is 16.5. The van der Waals surface area contributed by atoms with Gasteiger partial charge in [-0.1, -0.05) is 6.07 Å². The van der Waals surface area contributed by atoms with E-state index >= 15 is 0 Å². The predicted molar refractivity (Wildman–Crippen MR) is 95.6 cm³/mol. The third kappa shape index (κ3) is 2.68. The molecule has 4 rings (SSSR count). The topological polar surface area (TPSA) is 106 Å². The first kappa shape index (κ1) is 17.0. The van der Waals surface area contributed by atoms with Gasteiger partial charge in [-0.15, -0.1) is 0 Å². The molecule has 1 unspecified atom stereocenters. The molecule has 2 heterocycles. The number of fused-ring (bicyclic) bond motifs is 3. The summed E-state index contributed by atoms with van der Waals surface area (Å²) < 4.78 is 15.8. The molecule has 1 atom stereocenters. The number of hydrogen-bond acceptors (Lipinski definition) is 7. The van der Waals surface area contributed by atoms with Crippen LogP contribution in [0.1, 0.15) is 29.0 Å². The van der Waals surface area contributed by atoms with Crippen molar-refractivity contribution in [1.82, 2.24) is 0 Å². The number of ether oxygens (including phenoxy) is 2. The van der Waals surface area contributed by atoms with Gasteiger partial charge in [0.1, 0.15) is 5.58 Å². The van der Waals surface area contributed by atoms with Gasteiger partial charge >= 0.3 is 11.6 Å². The first-order valence-corrected chi connectivity index (χ1v) is 8.27. The Hall–Kier alpha value is -3.48. The van der Waals surface area contributed by atoms with E-state index in [4.69, 9.17) is 13.9 Å². The number of esters is 1. The normalized spacial score (nSPS) is 16.1. The summed E-state index contributed by atoms with van der Waals surface area (Å²) in [6, 6.07) is 7.46. The summed E-state index contributed by atoms with van der Waals surface area (Å²) in [6.07, 6.45) is -0.0167. The number of rotatable bonds is 2. The molecule has 2 aromatic carbocycles. The van der Waals surface area contributed by atoms with Gasteiger partial charge in [0, 0.05) is 17.4 Å². The minimum Gasteiger partial charge on any atom is -0.504 e. The number of phenolic OH excluding ortho intramolecular Hbond substituents is 2. The van der Waals surface area contributed by atoms with Crippen molar-refractivity contribution in [1.29, 1.82) is 0 Å². The average molecular weight is 368 g/mol. The van der Waals surface area contributed by atoms with Gasteiger partial charge in [0.25, 0.3) is 0 Å². The third-order valence-corrected chi connectivity index (χ3v) is 4.75. The van der Waals surface area contributed by atoms with Crippen LogP contribution in [-0.2, 0) is 4.79 Å². The van der Waals surface area contributed by atoms with Crippen molar-refractivity contribution in [3.05, 3.63) is 57.4 Å². The zero-order valence-electron chi connectivity index (χ0n) is 14.6. The van der Waals surface area contributed by atoms with Crippen molar-refractivity contribution >= 4 is 16.9 Å². The van der Waals surface area contributed by atoms with Crippen molar-refractivity contribution < 1.29 is 28.9 Å². The smallest absolute Gasteiger partial charge is 0.336 e. The lowest BCUT2D eigenvalue weighted by Crippen LogP contribution is -2.22. The molecule has 1 aromatic heterocycles. The molecular formula is C20H16O7. The molecule has 0 radical (unpaired) electrons. The molecule has 0 bridgehead atoms. The Morgan fingerprint density at radius 2 is 1.89 bits per heavy atom. The second-order valence-corrected chi connectivity index (χ2v) is 6.43. The lowest BCUT2D eigenvalue weighted by Gasteiger charge is -2.26. The molecule has 2 N–H and O–H groups in total. The first-order valence-electron chi connectivity index (χ1n) is 8.27. The van der Waals surface area contributed by atoms with Crippen molar-refractivity contribution in [2.75, 3.05) is 7.11 Å². The van der Waals surface area contributed by atoms with Crippen LogP contribution in [0.2, 0.25) is 0 Å². The van der Waals surface area contributed by atoms with Gasteiger partial charge < -0.3 is 24.1 Å². The average Bonchev–Trinajstić information content (AvgIpc) is 2.63. The lowest BCUT2D eigenvalue weighted by atomic mass is 9.84. The van der Waals surface area contributed by atoms with E-state index in [1.807, 2.05) is 0 Å². The molecule has 7 nitrogen and oxygen atoms in total. The van der Waals surface area contributed by atoms with E-state index in [2.05, 4.69) is 0 Å². The monoisotopic (exact) mass is 368 g/mol. The molecule has 1 aliphatic rings. The number of phenols is 2. The predicted octanol–water partition coefficient (Wildman–Crippen LogP) is 2.96. The highest BCUT2D eigenvalue weighted by Crippen LogP contribution is 2.48. The van der Waals surface area contributed by atoms with E-state index in [-0.39, 0.29) is 35.0 Å². The number of carbonyl (C=O) groups is 1. The summed E-state index contributed by atoms with van der Waals surface area (Å²) in [5, 5.41) is 20.8. The fraction of sp³-hybridized carbons (Fsp3) is 0.200. The summed E-state index contributed by atoms with van der Waals surface area (Å²) in [4.78, 5) is 24.1. The Bertz CT molecular complexity index is 1140. The standard InChI is InChI=1S/C20H16O7/c1-9-5-16(23)26-19-11(9)7-14(22)20-18(19)12(8-17(24)27-20)10-3-4-13(21)15(6-10)25-2/h3-7,12,21-22H,8H2,1-2H3. The van der Waals surface area contributed by atoms with Gasteiger partial charge in [0.2, 0.25) is 0 Å². The van der Waals surface area contributed by atoms with E-state index in [9.17, 15) is 19.8 Å². The zero-order valence-corrected chi connectivity index (χ0v) is 14.6. The van der Waals surface area contributed by atoms with E-state index in [0.29, 0.717) is 22.1 Å². The first-order chi connectivity index (χ1) is 12.9. The van der Waals surface area contributed by atoms with Crippen LogP contribution in [-0.4, -0.2) is 23.3 Å². The minimum atomic E-state index is -0.546. The molecule has 1 aliphatic heterocycles. The molecule has 3 aromatic rings. The second kappa shape index (κ2) is 6.05. The number of hydrogen-bond donors (Lipinski definition) is 2. The molecule has 0 spiro atoms. The van der Waals surface area contributed by atoms with Crippen molar-refractivity contribution in [2.45, 2.75) is 19.3 Å². The molecule has 138 valence electrons. The minimum absolute atomic E-state index is 0.0167. The summed E-state index contributed by atoms with van der Waals surface area (Å²) in [5.74, 6) is -1.10. The van der Waals surface area contributed by atoms with Crippen LogP contribution >= 0.6 is 0 Å². The van der Waals surface area contributed by atoms with Crippen LogP contribution in [0.15, 0.2) is 39.5 Å². The summed E-state index contributed by atoms with van der Waals surface area (Å²) in [7, 11) is 1.42. The number of benzene rings is 2. The van der Waals surface area contributed by atoms with Gasteiger partial charge in [-0.05, 0) is 36.2 Å². The SMILES string of the molecule is COc1cc(C2CC(=O)Oc3c(O)cc4c(C)cc(=O)oc4c32)ccc1O. The van der Waals surface area contributed by atoms with Crippen LogP contribution in [0.3, 0.4) is 0 Å². The lowest BCUT2D eigenvalue weighted by molar-refractivity contribution is -0.135. The number of methoxy groups -OCH3 is 1. The molecule has 0 aliphatic carbocycles. The molecule has 0 saturated heterocycles. The van der Waals surface area contributed by atoms with Crippen LogP contribution < -0.4 is 15.1 Å². The highest BCUT2D eigenvalue weighted by Gasteiger charge is 2.34. The van der Waals surface area contributed by atoms with E-state index in [1.165, 1.54) is 25.3 Å². The van der Waals surface area contributed by atoms with Crippen LogP contribution in [0.25, 0.3) is 11.0 Å². The molecule has 0 saturated carbocycles. The van der Waals surface area contributed by atoms with E-state index < -0.39 is 17.5 Å². The van der Waals surface area contributed by atoms with Gasteiger partial charge in [-0.25, -0.2) is 4.79 Å². The van der Waals surface area contributed by atoms with Crippen LogP contribution in [0.5, 0.6) is 23.0 Å². The van der Waals surface area contributed by atoms with Gasteiger partial charge in [0.05, 0.1) is 19.1 Å². The third-order valence-electron chi connectivity index (χ3n) is 4.75. The van der Waals surface area contributed by atoms with Crippen LogP contribution in [0.4, 0.5) is 0 Å². The number of carbonyl (C=O) groups excluding carboxylic acids is 1. The largest absolute Gasteiger partial charge is 0.504 e. The molecule has 0 fully saturated rings. The van der Waals surface area contributed by atoms with E-state index in [1.54, 1.807) is 19.1 Å². The summed E-state index contributed by atoms with van der Waals surface area (Å²) in [5.41, 5.74) is 1.43. The summed E-state index contributed by atoms with van der Waals surface area (Å²) in [6.45, 7) is 1.73. The van der Waals surface area contributed by atoms with Crippen molar-refractivity contribution in [3.8, 4) is 23.0 Å². The number of aryl methyl sites for hydroxylation is 1. The Kier molecular flexibility index (Phi) is 3.80. The van der Waals surface area contributed by atoms with Gasteiger partial charge in [-0.2, -0.15) is 0 Å². The Morgan fingerprint density at radius 3 is 2.63 bits per heavy atom. The maximum Gasteiger partial charge on any atom is 0.336 e. The summed E-state index contributed by atoms with van der Waals surface area (Å²) >= 11 is 0. The molecular weight excluding hydrogens is 352 g/mol. The quantitative estimate of drug-likeness (QED) is 0.407. The molecule has 27 heavy (non-hydrogen) atoms. The van der Waals surface area contributed by atoms with Crippen LogP contribution in [0, 0.1) is 6.92 Å². The molecule has 0 amide bonds. The van der Waals surface area contributed by atoms with Crippen molar-refractivity contribution in [2.24, 2.45) is 0 Å². The number of aromatic hydroxyl groups is 2. The Labute approximate surface area is 153 Å². The molecule has 7 heteroatoms. The van der Waals surface area contributed by atoms with Gasteiger partial charge in [-0.3, -0.25) is 4.79 Å². The second-order valence-electron chi connectivity index (χ2n) is 6.43. The fourth-order valence-corrected chi connectivity index (χ4v) is 3.48. The highest BCUT2D eigenvalue weighted by molar-refractivity contribution is 5.92. The Balaban J connectivity index is 2.06. The maximum absolute atomic E-state index is 12.1. The van der Waals surface area contributed by atoms with E-state index in [0.717, 1.165) is 0 Å².